The van der Waals surface area contributed by atoms with E-state index in [0.29, 0.717) is 0 Å². The Balaban J connectivity index is 2.06. The molecule has 0 amide bonds. The van der Waals surface area contributed by atoms with Crippen LogP contribution in [0.15, 0.2) is 18.2 Å². The van der Waals surface area contributed by atoms with E-state index in [1.807, 2.05) is 0 Å². The smallest absolute Gasteiger partial charge is 0.122 e. The van der Waals surface area contributed by atoms with Gasteiger partial charge in [-0.15, -0.1) is 0 Å². The Hall–Kier alpha value is -1.22. The summed E-state index contributed by atoms with van der Waals surface area (Å²) in [5, 5.41) is 3.42. The molecular weight excluding hydrogens is 224 g/mol. The van der Waals surface area contributed by atoms with Gasteiger partial charge in [0.25, 0.3) is 0 Å². The van der Waals surface area contributed by atoms with Gasteiger partial charge in [-0.2, -0.15) is 0 Å². The van der Waals surface area contributed by atoms with Crippen molar-refractivity contribution in [1.29, 1.82) is 0 Å². The lowest BCUT2D eigenvalue weighted by Crippen LogP contribution is -2.26. The number of hydrogen-bond acceptors (Lipinski definition) is 3. The van der Waals surface area contributed by atoms with Crippen LogP contribution in [0.1, 0.15) is 18.9 Å². The van der Waals surface area contributed by atoms with Gasteiger partial charge >= 0.3 is 0 Å². The number of methoxy groups -OCH3 is 1. The normalized spacial score (nSPS) is 18.9. The molecule has 1 heterocycles. The molecule has 1 N–H and O–H groups in total. The highest BCUT2D eigenvalue weighted by atomic mass is 16.5. The van der Waals surface area contributed by atoms with Gasteiger partial charge in [0.15, 0.2) is 0 Å². The zero-order valence-corrected chi connectivity index (χ0v) is 11.7. The summed E-state index contributed by atoms with van der Waals surface area (Å²) in [7, 11) is 3.92. The fraction of sp³-hybridized carbons (Fsp3) is 0.600. The Morgan fingerprint density at radius 2 is 2.28 bits per heavy atom. The second kappa shape index (κ2) is 6.10. The molecule has 0 aromatic heterocycles. The van der Waals surface area contributed by atoms with Crippen molar-refractivity contribution in [1.82, 2.24) is 5.32 Å². The summed E-state index contributed by atoms with van der Waals surface area (Å²) >= 11 is 0. The van der Waals surface area contributed by atoms with E-state index >= 15 is 0 Å². The molecule has 3 nitrogen and oxygen atoms in total. The number of anilines is 1. The van der Waals surface area contributed by atoms with Crippen LogP contribution in [0.3, 0.4) is 0 Å². The Kier molecular flexibility index (Phi) is 4.48. The maximum absolute atomic E-state index is 5.38. The largest absolute Gasteiger partial charge is 0.496 e. The molecule has 1 aromatic rings. The van der Waals surface area contributed by atoms with Gasteiger partial charge in [-0.05, 0) is 55.6 Å². The molecule has 0 spiro atoms. The standard InChI is InChI=1S/C15H24N2O/c1-4-13-9-14(5-6-15(13)18-3)17(2)11-12-7-8-16-10-12/h5-6,9,12,16H,4,7-8,10-11H2,1-3H3. The third-order valence-corrected chi connectivity index (χ3v) is 3.78. The molecule has 0 aliphatic carbocycles. The lowest BCUT2D eigenvalue weighted by atomic mass is 10.1. The Morgan fingerprint density at radius 3 is 2.89 bits per heavy atom. The number of rotatable bonds is 5. The molecule has 1 fully saturated rings. The van der Waals surface area contributed by atoms with E-state index in [1.54, 1.807) is 7.11 Å². The van der Waals surface area contributed by atoms with Crippen LogP contribution in [0, 0.1) is 5.92 Å². The molecule has 0 bridgehead atoms. The zero-order chi connectivity index (χ0) is 13.0. The minimum absolute atomic E-state index is 0.780. The van der Waals surface area contributed by atoms with Crippen molar-refractivity contribution in [2.75, 3.05) is 38.7 Å². The van der Waals surface area contributed by atoms with Crippen molar-refractivity contribution < 1.29 is 4.74 Å². The molecule has 100 valence electrons. The quantitative estimate of drug-likeness (QED) is 0.865. The first-order valence-electron chi connectivity index (χ1n) is 6.83. The van der Waals surface area contributed by atoms with Crippen molar-refractivity contribution >= 4 is 5.69 Å². The van der Waals surface area contributed by atoms with Gasteiger partial charge in [-0.25, -0.2) is 0 Å². The molecule has 1 aromatic carbocycles. The van der Waals surface area contributed by atoms with Crippen molar-refractivity contribution in [2.45, 2.75) is 19.8 Å². The Labute approximate surface area is 110 Å². The molecule has 1 unspecified atom stereocenters. The van der Waals surface area contributed by atoms with Crippen molar-refractivity contribution in [3.8, 4) is 5.75 Å². The van der Waals surface area contributed by atoms with Crippen LogP contribution in [0.2, 0.25) is 0 Å². The monoisotopic (exact) mass is 248 g/mol. The SMILES string of the molecule is CCc1cc(N(C)CC2CCNC2)ccc1OC. The maximum Gasteiger partial charge on any atom is 0.122 e. The summed E-state index contributed by atoms with van der Waals surface area (Å²) < 4.78 is 5.38. The van der Waals surface area contributed by atoms with Gasteiger partial charge in [-0.3, -0.25) is 0 Å². The molecule has 18 heavy (non-hydrogen) atoms. The van der Waals surface area contributed by atoms with Crippen molar-refractivity contribution in [2.24, 2.45) is 5.92 Å². The highest BCUT2D eigenvalue weighted by Crippen LogP contribution is 2.25. The Morgan fingerprint density at radius 1 is 1.44 bits per heavy atom. The van der Waals surface area contributed by atoms with Crippen LogP contribution in [0.4, 0.5) is 5.69 Å². The fourth-order valence-electron chi connectivity index (χ4n) is 2.64. The van der Waals surface area contributed by atoms with Gasteiger partial charge in [0.1, 0.15) is 5.75 Å². The van der Waals surface area contributed by atoms with E-state index < -0.39 is 0 Å². The average Bonchev–Trinajstić information content (AvgIpc) is 2.90. The van der Waals surface area contributed by atoms with Crippen LogP contribution >= 0.6 is 0 Å². The van der Waals surface area contributed by atoms with E-state index in [2.05, 4.69) is 42.4 Å². The highest BCUT2D eigenvalue weighted by Gasteiger charge is 2.17. The molecule has 0 radical (unpaired) electrons. The third-order valence-electron chi connectivity index (χ3n) is 3.78. The summed E-state index contributed by atoms with van der Waals surface area (Å²) in [5.41, 5.74) is 2.57. The van der Waals surface area contributed by atoms with Crippen LogP contribution < -0.4 is 15.0 Å². The van der Waals surface area contributed by atoms with Gasteiger partial charge in [0.2, 0.25) is 0 Å². The van der Waals surface area contributed by atoms with E-state index in [-0.39, 0.29) is 0 Å². The predicted molar refractivity (Wildman–Crippen MR) is 76.6 cm³/mol. The van der Waals surface area contributed by atoms with Gasteiger partial charge in [-0.1, -0.05) is 6.92 Å². The molecule has 1 saturated heterocycles. The van der Waals surface area contributed by atoms with E-state index in [1.165, 1.54) is 24.2 Å². The first-order valence-corrected chi connectivity index (χ1v) is 6.83. The van der Waals surface area contributed by atoms with E-state index in [4.69, 9.17) is 4.74 Å². The summed E-state index contributed by atoms with van der Waals surface area (Å²) in [4.78, 5) is 2.36. The number of benzene rings is 1. The van der Waals surface area contributed by atoms with Gasteiger partial charge < -0.3 is 15.0 Å². The highest BCUT2D eigenvalue weighted by molar-refractivity contribution is 5.52. The van der Waals surface area contributed by atoms with Crippen LogP contribution in [-0.2, 0) is 6.42 Å². The van der Waals surface area contributed by atoms with Crippen LogP contribution in [0.25, 0.3) is 0 Å². The summed E-state index contributed by atoms with van der Waals surface area (Å²) in [6.07, 6.45) is 2.30. The molecular formula is C15H24N2O. The Bertz CT molecular complexity index is 386. The predicted octanol–water partition coefficient (Wildman–Crippen LogP) is 2.30. The minimum Gasteiger partial charge on any atom is -0.496 e. The minimum atomic E-state index is 0.780. The summed E-state index contributed by atoms with van der Waals surface area (Å²) in [6, 6.07) is 6.49. The van der Waals surface area contributed by atoms with E-state index in [9.17, 15) is 0 Å². The second-order valence-corrected chi connectivity index (χ2v) is 5.09. The number of nitrogens with zero attached hydrogens (tertiary/aromatic N) is 1. The first kappa shape index (κ1) is 13.2. The molecule has 1 atom stereocenters. The average molecular weight is 248 g/mol. The molecule has 2 rings (SSSR count). The fourth-order valence-corrected chi connectivity index (χ4v) is 2.64. The summed E-state index contributed by atoms with van der Waals surface area (Å²) in [5.74, 6) is 1.78. The van der Waals surface area contributed by atoms with E-state index in [0.717, 1.165) is 31.2 Å². The topological polar surface area (TPSA) is 24.5 Å². The molecule has 3 heteroatoms. The van der Waals surface area contributed by atoms with Crippen LogP contribution in [-0.4, -0.2) is 33.8 Å². The van der Waals surface area contributed by atoms with Crippen molar-refractivity contribution in [3.63, 3.8) is 0 Å². The van der Waals surface area contributed by atoms with Gasteiger partial charge in [0, 0.05) is 19.3 Å². The maximum atomic E-state index is 5.38. The van der Waals surface area contributed by atoms with Crippen molar-refractivity contribution in [3.05, 3.63) is 23.8 Å². The van der Waals surface area contributed by atoms with Crippen LogP contribution in [0.5, 0.6) is 5.75 Å². The lowest BCUT2D eigenvalue weighted by molar-refractivity contribution is 0.410. The van der Waals surface area contributed by atoms with Gasteiger partial charge in [0.05, 0.1) is 7.11 Å². The number of ether oxygens (including phenoxy) is 1. The first-order chi connectivity index (χ1) is 8.74. The lowest BCUT2D eigenvalue weighted by Gasteiger charge is -2.23. The summed E-state index contributed by atoms with van der Waals surface area (Å²) in [6.45, 7) is 5.62. The zero-order valence-electron chi connectivity index (χ0n) is 11.7. The number of nitrogens with one attached hydrogen (secondary N) is 1. The second-order valence-electron chi connectivity index (χ2n) is 5.09. The molecule has 0 saturated carbocycles. The number of aryl methyl sites for hydroxylation is 1. The molecule has 1 aliphatic heterocycles. The number of hydrogen-bond donors (Lipinski definition) is 1. The molecule has 1 aliphatic rings. The third kappa shape index (κ3) is 2.96.